The first-order valence-electron chi connectivity index (χ1n) is 7.70. The maximum absolute atomic E-state index is 12.9. The minimum absolute atomic E-state index is 0.0408. The van der Waals surface area contributed by atoms with Crippen molar-refractivity contribution in [3.63, 3.8) is 0 Å². The van der Waals surface area contributed by atoms with Crippen LogP contribution < -0.4 is 0 Å². The number of carbonyl (C=O) groups is 1. The number of nitrogens with zero attached hydrogens (tertiary/aromatic N) is 3. The first kappa shape index (κ1) is 15.6. The van der Waals surface area contributed by atoms with Crippen molar-refractivity contribution in [1.29, 1.82) is 0 Å². The largest absolute Gasteiger partial charge is 0.338 e. The Hall–Kier alpha value is -2.24. The van der Waals surface area contributed by atoms with Crippen molar-refractivity contribution in [2.75, 3.05) is 7.05 Å². The summed E-state index contributed by atoms with van der Waals surface area (Å²) in [4.78, 5) is 18.2. The molecule has 3 rings (SSSR count). The highest BCUT2D eigenvalue weighted by molar-refractivity contribution is 5.84. The number of aromatic nitrogens is 2. The van der Waals surface area contributed by atoms with Gasteiger partial charge in [0.2, 0.25) is 5.91 Å². The molecule has 1 aliphatic rings. The van der Waals surface area contributed by atoms with Gasteiger partial charge in [0.25, 0.3) is 0 Å². The summed E-state index contributed by atoms with van der Waals surface area (Å²) in [6, 6.07) is 7.96. The van der Waals surface area contributed by atoms with Crippen LogP contribution in [0.5, 0.6) is 0 Å². The monoisotopic (exact) mass is 319 g/mol. The molecule has 0 radical (unpaired) electrons. The lowest BCUT2D eigenvalue weighted by molar-refractivity contribution is -0.132. The fourth-order valence-corrected chi connectivity index (χ4v) is 3.21. The molecule has 1 heterocycles. The number of carbonyl (C=O) groups excluding carboxylic acids is 1. The summed E-state index contributed by atoms with van der Waals surface area (Å²) in [6.07, 6.45) is 5.31. The van der Waals surface area contributed by atoms with Crippen LogP contribution in [0.3, 0.4) is 0 Å². The lowest BCUT2D eigenvalue weighted by atomic mass is 9.82. The third-order valence-corrected chi connectivity index (χ3v) is 4.38. The minimum Gasteiger partial charge on any atom is -0.338 e. The van der Waals surface area contributed by atoms with Gasteiger partial charge < -0.3 is 4.90 Å². The summed E-state index contributed by atoms with van der Waals surface area (Å²) in [6.45, 7) is -2.57. The molecule has 1 aliphatic carbocycles. The zero-order valence-electron chi connectivity index (χ0n) is 13.0. The van der Waals surface area contributed by atoms with Gasteiger partial charge in [-0.05, 0) is 30.4 Å². The Morgan fingerprint density at radius 1 is 1.43 bits per heavy atom. The zero-order chi connectivity index (χ0) is 16.4. The van der Waals surface area contributed by atoms with Crippen LogP contribution in [0.4, 0.5) is 8.78 Å². The summed E-state index contributed by atoms with van der Waals surface area (Å²) in [7, 11) is 1.64. The SMILES string of the molecule is CN(Cc1nccn1C(F)F)C(=O)[C@@H]1CCCc2ccccc21. The quantitative estimate of drug-likeness (QED) is 0.867. The highest BCUT2D eigenvalue weighted by atomic mass is 19.3. The Bertz CT molecular complexity index is 699. The molecule has 1 aromatic carbocycles. The lowest BCUT2D eigenvalue weighted by Gasteiger charge is -2.28. The molecule has 1 amide bonds. The second-order valence-electron chi connectivity index (χ2n) is 5.87. The predicted octanol–water partition coefficient (Wildman–Crippen LogP) is 3.36. The Labute approximate surface area is 133 Å². The van der Waals surface area contributed by atoms with E-state index in [1.54, 1.807) is 7.05 Å². The van der Waals surface area contributed by atoms with Gasteiger partial charge in [-0.2, -0.15) is 8.78 Å². The molecular formula is C17H19F2N3O. The van der Waals surface area contributed by atoms with E-state index < -0.39 is 6.55 Å². The van der Waals surface area contributed by atoms with E-state index >= 15 is 0 Å². The van der Waals surface area contributed by atoms with Crippen molar-refractivity contribution < 1.29 is 13.6 Å². The molecule has 6 heteroatoms. The molecule has 0 spiro atoms. The Balaban J connectivity index is 1.77. The molecule has 1 atom stereocenters. The molecule has 0 unspecified atom stereocenters. The fourth-order valence-electron chi connectivity index (χ4n) is 3.21. The molecule has 0 saturated heterocycles. The smallest absolute Gasteiger partial charge is 0.319 e. The summed E-state index contributed by atoms with van der Waals surface area (Å²) in [5.74, 6) is -0.0409. The standard InChI is InChI=1S/C17H19F2N3O/c1-21(11-15-20-9-10-22(15)17(18)19)16(23)14-8-4-6-12-5-2-3-7-13(12)14/h2-3,5,7,9-10,14,17H,4,6,8,11H2,1H3/t14-/m1/s1. The van der Waals surface area contributed by atoms with E-state index in [9.17, 15) is 13.6 Å². The van der Waals surface area contributed by atoms with E-state index in [4.69, 9.17) is 0 Å². The van der Waals surface area contributed by atoms with Gasteiger partial charge in [-0.1, -0.05) is 24.3 Å². The molecule has 0 N–H and O–H groups in total. The fraction of sp³-hybridized carbons (Fsp3) is 0.412. The van der Waals surface area contributed by atoms with Crippen molar-refractivity contribution >= 4 is 5.91 Å². The third-order valence-electron chi connectivity index (χ3n) is 4.38. The molecule has 2 aromatic rings. The number of likely N-dealkylation sites (N-methyl/N-ethyl adjacent to an activating group) is 1. The molecule has 122 valence electrons. The molecule has 1 aromatic heterocycles. The number of amides is 1. The number of hydrogen-bond acceptors (Lipinski definition) is 2. The molecule has 0 fully saturated rings. The van der Waals surface area contributed by atoms with Crippen LogP contribution >= 0.6 is 0 Å². The predicted molar refractivity (Wildman–Crippen MR) is 82.1 cm³/mol. The second-order valence-corrected chi connectivity index (χ2v) is 5.87. The normalized spacial score (nSPS) is 17.1. The van der Waals surface area contributed by atoms with E-state index in [0.29, 0.717) is 0 Å². The second kappa shape index (κ2) is 6.48. The van der Waals surface area contributed by atoms with E-state index in [-0.39, 0.29) is 24.2 Å². The molecule has 0 bridgehead atoms. The number of alkyl halides is 2. The van der Waals surface area contributed by atoms with Gasteiger partial charge in [0.1, 0.15) is 5.82 Å². The highest BCUT2D eigenvalue weighted by Gasteiger charge is 2.29. The molecule has 0 saturated carbocycles. The van der Waals surface area contributed by atoms with Gasteiger partial charge >= 0.3 is 6.55 Å². The molecule has 4 nitrogen and oxygen atoms in total. The van der Waals surface area contributed by atoms with Gasteiger partial charge in [0.05, 0.1) is 12.5 Å². The number of imidazole rings is 1. The Kier molecular flexibility index (Phi) is 4.41. The maximum Gasteiger partial charge on any atom is 0.319 e. The van der Waals surface area contributed by atoms with Gasteiger partial charge in [0, 0.05) is 19.4 Å². The van der Waals surface area contributed by atoms with E-state index in [1.165, 1.54) is 22.9 Å². The van der Waals surface area contributed by atoms with Gasteiger partial charge in [-0.15, -0.1) is 0 Å². The van der Waals surface area contributed by atoms with Crippen LogP contribution in [0, 0.1) is 0 Å². The van der Waals surface area contributed by atoms with Gasteiger partial charge in [-0.25, -0.2) is 4.98 Å². The minimum atomic E-state index is -2.65. The first-order valence-corrected chi connectivity index (χ1v) is 7.70. The average Bonchev–Trinajstić information content (AvgIpc) is 3.02. The van der Waals surface area contributed by atoms with Crippen LogP contribution in [0.2, 0.25) is 0 Å². The van der Waals surface area contributed by atoms with E-state index in [2.05, 4.69) is 11.1 Å². The number of rotatable bonds is 4. The Morgan fingerprint density at radius 2 is 2.22 bits per heavy atom. The summed E-state index contributed by atoms with van der Waals surface area (Å²) < 4.78 is 26.6. The third kappa shape index (κ3) is 3.11. The van der Waals surface area contributed by atoms with Crippen molar-refractivity contribution in [2.24, 2.45) is 0 Å². The Morgan fingerprint density at radius 3 is 3.00 bits per heavy atom. The molecule has 23 heavy (non-hydrogen) atoms. The number of hydrogen-bond donors (Lipinski definition) is 0. The van der Waals surface area contributed by atoms with Crippen molar-refractivity contribution in [3.8, 4) is 0 Å². The van der Waals surface area contributed by atoms with Crippen LogP contribution in [-0.4, -0.2) is 27.4 Å². The van der Waals surface area contributed by atoms with Crippen LogP contribution in [0.1, 0.15) is 42.3 Å². The zero-order valence-corrected chi connectivity index (χ0v) is 13.0. The summed E-state index contributed by atoms with van der Waals surface area (Å²) >= 11 is 0. The summed E-state index contributed by atoms with van der Waals surface area (Å²) in [5, 5.41) is 0. The first-order chi connectivity index (χ1) is 11.1. The molecular weight excluding hydrogens is 300 g/mol. The number of halogens is 2. The van der Waals surface area contributed by atoms with Crippen LogP contribution in [0.25, 0.3) is 0 Å². The van der Waals surface area contributed by atoms with Gasteiger partial charge in [-0.3, -0.25) is 9.36 Å². The van der Waals surface area contributed by atoms with Gasteiger partial charge in [0.15, 0.2) is 0 Å². The van der Waals surface area contributed by atoms with E-state index in [0.717, 1.165) is 29.4 Å². The van der Waals surface area contributed by atoms with Crippen molar-refractivity contribution in [1.82, 2.24) is 14.5 Å². The number of benzene rings is 1. The highest BCUT2D eigenvalue weighted by Crippen LogP contribution is 2.33. The van der Waals surface area contributed by atoms with Crippen LogP contribution in [-0.2, 0) is 17.8 Å². The van der Waals surface area contributed by atoms with Crippen molar-refractivity contribution in [2.45, 2.75) is 38.3 Å². The van der Waals surface area contributed by atoms with Crippen molar-refractivity contribution in [3.05, 3.63) is 53.6 Å². The van der Waals surface area contributed by atoms with Crippen LogP contribution in [0.15, 0.2) is 36.7 Å². The number of fused-ring (bicyclic) bond motifs is 1. The lowest BCUT2D eigenvalue weighted by Crippen LogP contribution is -2.34. The molecule has 0 aliphatic heterocycles. The van der Waals surface area contributed by atoms with E-state index in [1.807, 2.05) is 18.2 Å². The maximum atomic E-state index is 12.9. The number of aryl methyl sites for hydroxylation is 1. The average molecular weight is 319 g/mol. The summed E-state index contributed by atoms with van der Waals surface area (Å²) in [5.41, 5.74) is 2.27. The topological polar surface area (TPSA) is 38.1 Å².